The van der Waals surface area contributed by atoms with Gasteiger partial charge in [0.2, 0.25) is 0 Å². The van der Waals surface area contributed by atoms with Gasteiger partial charge in [-0.25, -0.2) is 15.0 Å². The lowest BCUT2D eigenvalue weighted by molar-refractivity contribution is 0.669. The SMILES string of the molecule is c1ccc(-c2ccc3ccc(-c4nc(-c5cccc6c5oc5ccccc56)nc(-c5cccc6sc7ccccc7c56)n4)cc3c2)cc1. The minimum absolute atomic E-state index is 0.578. The average molecular weight is 632 g/mol. The molecular formula is C43H25N3OS. The summed E-state index contributed by atoms with van der Waals surface area (Å²) in [6.45, 7) is 0. The third-order valence-corrected chi connectivity index (χ3v) is 10.3. The van der Waals surface area contributed by atoms with Gasteiger partial charge in [-0.1, -0.05) is 115 Å². The van der Waals surface area contributed by atoms with Gasteiger partial charge in [0.1, 0.15) is 11.2 Å². The maximum atomic E-state index is 6.46. The number of hydrogen-bond donors (Lipinski definition) is 0. The molecule has 3 aromatic heterocycles. The van der Waals surface area contributed by atoms with Gasteiger partial charge in [0, 0.05) is 42.1 Å². The summed E-state index contributed by atoms with van der Waals surface area (Å²) in [5.41, 5.74) is 6.72. The second-order valence-corrected chi connectivity index (χ2v) is 13.1. The number of rotatable bonds is 4. The maximum Gasteiger partial charge on any atom is 0.167 e. The number of hydrogen-bond acceptors (Lipinski definition) is 5. The molecule has 4 nitrogen and oxygen atoms in total. The normalized spacial score (nSPS) is 11.8. The van der Waals surface area contributed by atoms with Crippen LogP contribution in [-0.4, -0.2) is 15.0 Å². The minimum Gasteiger partial charge on any atom is -0.455 e. The molecular weight excluding hydrogens is 607 g/mol. The second kappa shape index (κ2) is 10.7. The number of furan rings is 1. The first-order valence-corrected chi connectivity index (χ1v) is 16.8. The Morgan fingerprint density at radius 3 is 1.96 bits per heavy atom. The van der Waals surface area contributed by atoms with Gasteiger partial charge in [0.25, 0.3) is 0 Å². The molecule has 3 heterocycles. The number of benzene rings is 7. The van der Waals surface area contributed by atoms with Gasteiger partial charge in [-0.05, 0) is 58.3 Å². The standard InChI is InChI=1S/C43H25N3OS/c1-2-10-26(11-3-1)28-22-20-27-21-23-29(25-30(27)24-28)41-44-42(34-15-9-19-38-39(34)33-13-5-7-18-37(33)48-38)46-43(45-41)35-16-8-14-32-31-12-4-6-17-36(31)47-40(32)35/h1-25H. The van der Waals surface area contributed by atoms with Crippen LogP contribution in [0, 0.1) is 0 Å². The molecule has 0 bridgehead atoms. The minimum atomic E-state index is 0.578. The zero-order valence-corrected chi connectivity index (χ0v) is 26.4. The molecule has 10 aromatic rings. The third-order valence-electron chi connectivity index (χ3n) is 9.13. The van der Waals surface area contributed by atoms with Crippen molar-refractivity contribution in [3.63, 3.8) is 0 Å². The number of nitrogens with zero attached hydrogens (tertiary/aromatic N) is 3. The summed E-state index contributed by atoms with van der Waals surface area (Å²) in [6, 6.07) is 52.8. The van der Waals surface area contributed by atoms with E-state index in [1.54, 1.807) is 11.3 Å². The zero-order chi connectivity index (χ0) is 31.6. The van der Waals surface area contributed by atoms with Crippen LogP contribution in [0.15, 0.2) is 156 Å². The molecule has 0 spiro atoms. The maximum absolute atomic E-state index is 6.46. The second-order valence-electron chi connectivity index (χ2n) is 12.0. The molecule has 224 valence electrons. The monoisotopic (exact) mass is 631 g/mol. The van der Waals surface area contributed by atoms with E-state index in [4.69, 9.17) is 19.4 Å². The highest BCUT2D eigenvalue weighted by atomic mass is 32.1. The summed E-state index contributed by atoms with van der Waals surface area (Å²) < 4.78 is 8.90. The Balaban J connectivity index is 1.23. The Morgan fingerprint density at radius 1 is 0.417 bits per heavy atom. The van der Waals surface area contributed by atoms with Gasteiger partial charge in [-0.2, -0.15) is 0 Å². The van der Waals surface area contributed by atoms with Gasteiger partial charge in [-0.15, -0.1) is 11.3 Å². The van der Waals surface area contributed by atoms with E-state index < -0.39 is 0 Å². The van der Waals surface area contributed by atoms with Crippen molar-refractivity contribution < 1.29 is 4.42 Å². The molecule has 0 aliphatic carbocycles. The van der Waals surface area contributed by atoms with E-state index in [0.29, 0.717) is 17.5 Å². The van der Waals surface area contributed by atoms with Gasteiger partial charge in [-0.3, -0.25) is 0 Å². The van der Waals surface area contributed by atoms with Crippen LogP contribution in [0.5, 0.6) is 0 Å². The van der Waals surface area contributed by atoms with Crippen molar-refractivity contribution in [3.05, 3.63) is 152 Å². The molecule has 7 aromatic carbocycles. The molecule has 0 atom stereocenters. The van der Waals surface area contributed by atoms with Crippen LogP contribution >= 0.6 is 11.3 Å². The van der Waals surface area contributed by atoms with Crippen LogP contribution in [0.25, 0.3) is 98.2 Å². The van der Waals surface area contributed by atoms with E-state index in [1.807, 2.05) is 30.3 Å². The summed E-state index contributed by atoms with van der Waals surface area (Å²) in [6.07, 6.45) is 0. The molecule has 5 heteroatoms. The Hall–Kier alpha value is -6.17. The van der Waals surface area contributed by atoms with Crippen molar-refractivity contribution >= 4 is 64.2 Å². The van der Waals surface area contributed by atoms with Crippen molar-refractivity contribution in [1.82, 2.24) is 15.0 Å². The van der Waals surface area contributed by atoms with Crippen molar-refractivity contribution in [2.24, 2.45) is 0 Å². The molecule has 0 unspecified atom stereocenters. The first-order chi connectivity index (χ1) is 23.8. The fourth-order valence-corrected chi connectivity index (χ4v) is 7.96. The van der Waals surface area contributed by atoms with E-state index >= 15 is 0 Å². The fraction of sp³-hybridized carbons (Fsp3) is 0. The van der Waals surface area contributed by atoms with Crippen molar-refractivity contribution in [2.45, 2.75) is 0 Å². The quantitative estimate of drug-likeness (QED) is 0.194. The summed E-state index contributed by atoms with van der Waals surface area (Å²) in [4.78, 5) is 15.6. The van der Waals surface area contributed by atoms with Gasteiger partial charge in [0.15, 0.2) is 17.5 Å². The Bertz CT molecular complexity index is 2850. The predicted molar refractivity (Wildman–Crippen MR) is 199 cm³/mol. The predicted octanol–water partition coefficient (Wildman–Crippen LogP) is 12.0. The van der Waals surface area contributed by atoms with Crippen LogP contribution < -0.4 is 0 Å². The molecule has 0 saturated heterocycles. The summed E-state index contributed by atoms with van der Waals surface area (Å²) >= 11 is 1.79. The molecule has 0 saturated carbocycles. The molecule has 48 heavy (non-hydrogen) atoms. The van der Waals surface area contributed by atoms with Crippen LogP contribution in [0.3, 0.4) is 0 Å². The smallest absolute Gasteiger partial charge is 0.167 e. The van der Waals surface area contributed by atoms with E-state index in [2.05, 4.69) is 121 Å². The van der Waals surface area contributed by atoms with Crippen LogP contribution in [0.1, 0.15) is 0 Å². The molecule has 0 N–H and O–H groups in total. The van der Waals surface area contributed by atoms with E-state index in [0.717, 1.165) is 54.8 Å². The lowest BCUT2D eigenvalue weighted by Gasteiger charge is -2.11. The summed E-state index contributed by atoms with van der Waals surface area (Å²) in [5, 5.41) is 6.76. The molecule has 10 rings (SSSR count). The molecule has 0 radical (unpaired) electrons. The van der Waals surface area contributed by atoms with Crippen LogP contribution in [0.2, 0.25) is 0 Å². The van der Waals surface area contributed by atoms with Crippen molar-refractivity contribution in [2.75, 3.05) is 0 Å². The number of aromatic nitrogens is 3. The first kappa shape index (κ1) is 27.0. The number of fused-ring (bicyclic) bond motifs is 7. The van der Waals surface area contributed by atoms with Gasteiger partial charge >= 0.3 is 0 Å². The number of para-hydroxylation sites is 2. The summed E-state index contributed by atoms with van der Waals surface area (Å²) in [5.74, 6) is 1.83. The largest absolute Gasteiger partial charge is 0.455 e. The Kier molecular flexibility index (Phi) is 6.01. The molecule has 0 aliphatic heterocycles. The first-order valence-electron chi connectivity index (χ1n) is 15.9. The van der Waals surface area contributed by atoms with E-state index in [9.17, 15) is 0 Å². The highest BCUT2D eigenvalue weighted by Gasteiger charge is 2.20. The molecule has 0 aliphatic rings. The fourth-order valence-electron chi connectivity index (χ4n) is 6.83. The van der Waals surface area contributed by atoms with Crippen LogP contribution in [0.4, 0.5) is 0 Å². The Morgan fingerprint density at radius 2 is 1.06 bits per heavy atom. The third kappa shape index (κ3) is 4.33. The van der Waals surface area contributed by atoms with Gasteiger partial charge < -0.3 is 4.42 Å². The van der Waals surface area contributed by atoms with E-state index in [1.165, 1.54) is 25.9 Å². The lowest BCUT2D eigenvalue weighted by atomic mass is 9.99. The summed E-state index contributed by atoms with van der Waals surface area (Å²) in [7, 11) is 0. The van der Waals surface area contributed by atoms with Crippen molar-refractivity contribution in [1.29, 1.82) is 0 Å². The lowest BCUT2D eigenvalue weighted by Crippen LogP contribution is -2.00. The number of thiophene rings is 1. The zero-order valence-electron chi connectivity index (χ0n) is 25.6. The average Bonchev–Trinajstić information content (AvgIpc) is 3.73. The highest BCUT2D eigenvalue weighted by molar-refractivity contribution is 7.25. The van der Waals surface area contributed by atoms with Crippen LogP contribution in [-0.2, 0) is 0 Å². The Labute approximate surface area is 279 Å². The van der Waals surface area contributed by atoms with Gasteiger partial charge in [0.05, 0.1) is 5.56 Å². The van der Waals surface area contributed by atoms with Crippen molar-refractivity contribution in [3.8, 4) is 45.3 Å². The highest BCUT2D eigenvalue weighted by Crippen LogP contribution is 2.41. The van der Waals surface area contributed by atoms with E-state index in [-0.39, 0.29) is 0 Å². The molecule has 0 fully saturated rings. The topological polar surface area (TPSA) is 51.8 Å². The molecule has 0 amide bonds.